The van der Waals surface area contributed by atoms with Crippen molar-refractivity contribution in [2.24, 2.45) is 0 Å². The van der Waals surface area contributed by atoms with Gasteiger partial charge in [-0.25, -0.2) is 9.97 Å². The minimum Gasteiger partial charge on any atom is -0.353 e. The number of para-hydroxylation sites is 1. The molecule has 0 spiro atoms. The highest BCUT2D eigenvalue weighted by Gasteiger charge is 2.14. The van der Waals surface area contributed by atoms with Crippen molar-refractivity contribution in [1.29, 1.82) is 0 Å². The molecule has 0 saturated heterocycles. The molecule has 0 aliphatic carbocycles. The zero-order valence-corrected chi connectivity index (χ0v) is 14.6. The molecule has 0 saturated carbocycles. The molecule has 0 aliphatic heterocycles. The molecule has 0 atom stereocenters. The normalized spacial score (nSPS) is 11.2. The Morgan fingerprint density at radius 3 is 2.61 bits per heavy atom. The summed E-state index contributed by atoms with van der Waals surface area (Å²) >= 11 is 9.23. The molecule has 0 radical (unpaired) electrons. The Morgan fingerprint density at radius 1 is 1.04 bits per heavy atom. The zero-order valence-electron chi connectivity index (χ0n) is 12.2. The number of hydrogen-bond donors (Lipinski definition) is 1. The van der Waals surface area contributed by atoms with Crippen LogP contribution in [0.2, 0.25) is 5.02 Å². The Morgan fingerprint density at radius 2 is 1.83 bits per heavy atom. The first-order valence-corrected chi connectivity index (χ1v) is 9.42. The minimum absolute atomic E-state index is 0.721. The number of benzene rings is 2. The van der Waals surface area contributed by atoms with E-state index in [1.807, 2.05) is 48.7 Å². The first-order valence-electron chi connectivity index (χ1n) is 7.00. The zero-order chi connectivity index (χ0) is 15.8. The first-order chi connectivity index (χ1) is 11.2. The summed E-state index contributed by atoms with van der Waals surface area (Å²) in [6, 6.07) is 15.8. The average molecular weight is 358 g/mol. The van der Waals surface area contributed by atoms with Crippen LogP contribution >= 0.6 is 34.7 Å². The SMILES string of the molecule is CSc1nc2c(Nc3ccc(Cl)cc3)c3ccccc3nc2s1. The van der Waals surface area contributed by atoms with Crippen molar-refractivity contribution in [3.63, 3.8) is 0 Å². The molecule has 0 bridgehead atoms. The molecule has 0 aliphatic rings. The second-order valence-corrected chi connectivity index (χ2v) is 7.44. The van der Waals surface area contributed by atoms with Crippen molar-refractivity contribution < 1.29 is 0 Å². The standard InChI is InChI=1S/C17H12ClN3S2/c1-22-17-21-15-14(19-11-8-6-10(18)7-9-11)12-4-2-3-5-13(12)20-16(15)23-17/h2-9H,1H3,(H,19,20). The van der Waals surface area contributed by atoms with Gasteiger partial charge in [0.2, 0.25) is 0 Å². The van der Waals surface area contributed by atoms with Crippen molar-refractivity contribution >= 4 is 67.3 Å². The van der Waals surface area contributed by atoms with E-state index in [0.717, 1.165) is 42.0 Å². The van der Waals surface area contributed by atoms with Crippen molar-refractivity contribution in [3.8, 4) is 0 Å². The van der Waals surface area contributed by atoms with Crippen LogP contribution in [-0.4, -0.2) is 16.2 Å². The number of anilines is 2. The summed E-state index contributed by atoms with van der Waals surface area (Å²) in [5.41, 5.74) is 3.84. The van der Waals surface area contributed by atoms with Gasteiger partial charge in [0.25, 0.3) is 0 Å². The monoisotopic (exact) mass is 357 g/mol. The Hall–Kier alpha value is -1.82. The molecule has 0 amide bonds. The van der Waals surface area contributed by atoms with Gasteiger partial charge in [-0.3, -0.25) is 0 Å². The number of aromatic nitrogens is 2. The third-order valence-corrected chi connectivity index (χ3v) is 5.70. The largest absolute Gasteiger partial charge is 0.353 e. The van der Waals surface area contributed by atoms with E-state index in [1.165, 1.54) is 0 Å². The van der Waals surface area contributed by atoms with E-state index in [0.29, 0.717) is 0 Å². The van der Waals surface area contributed by atoms with Gasteiger partial charge in [-0.1, -0.05) is 52.9 Å². The first kappa shape index (κ1) is 14.8. The van der Waals surface area contributed by atoms with Crippen LogP contribution in [-0.2, 0) is 0 Å². The number of halogens is 1. The van der Waals surface area contributed by atoms with Crippen LogP contribution in [0.15, 0.2) is 52.9 Å². The lowest BCUT2D eigenvalue weighted by molar-refractivity contribution is 1.30. The fourth-order valence-electron chi connectivity index (χ4n) is 2.44. The fraction of sp³-hybridized carbons (Fsp3) is 0.0588. The number of thiazole rings is 1. The van der Waals surface area contributed by atoms with Crippen molar-refractivity contribution in [2.45, 2.75) is 4.34 Å². The van der Waals surface area contributed by atoms with Crippen LogP contribution in [0.25, 0.3) is 21.3 Å². The van der Waals surface area contributed by atoms with Gasteiger partial charge in [0.1, 0.15) is 10.3 Å². The Balaban J connectivity index is 1.96. The predicted molar refractivity (Wildman–Crippen MR) is 101 cm³/mol. The third kappa shape index (κ3) is 2.76. The molecule has 1 N–H and O–H groups in total. The van der Waals surface area contributed by atoms with Gasteiger partial charge in [-0.15, -0.1) is 0 Å². The second kappa shape index (κ2) is 6.00. The van der Waals surface area contributed by atoms with Crippen molar-refractivity contribution in [3.05, 3.63) is 53.6 Å². The van der Waals surface area contributed by atoms with E-state index < -0.39 is 0 Å². The molecule has 0 fully saturated rings. The van der Waals surface area contributed by atoms with Crippen molar-refractivity contribution in [2.75, 3.05) is 11.6 Å². The van der Waals surface area contributed by atoms with Crippen LogP contribution in [0.4, 0.5) is 11.4 Å². The molecular formula is C17H12ClN3S2. The summed E-state index contributed by atoms with van der Waals surface area (Å²) in [5, 5.41) is 5.27. The second-order valence-electron chi connectivity index (χ2n) is 4.97. The highest BCUT2D eigenvalue weighted by molar-refractivity contribution is 8.00. The molecule has 0 unspecified atom stereocenters. The molecule has 4 rings (SSSR count). The molecule has 114 valence electrons. The maximum atomic E-state index is 5.98. The van der Waals surface area contributed by atoms with Gasteiger partial charge >= 0.3 is 0 Å². The molecule has 2 aromatic carbocycles. The summed E-state index contributed by atoms with van der Waals surface area (Å²) in [6.45, 7) is 0. The van der Waals surface area contributed by atoms with E-state index in [1.54, 1.807) is 23.1 Å². The third-order valence-electron chi connectivity index (χ3n) is 3.51. The van der Waals surface area contributed by atoms with E-state index in [4.69, 9.17) is 21.6 Å². The van der Waals surface area contributed by atoms with Crippen LogP contribution < -0.4 is 5.32 Å². The molecule has 6 heteroatoms. The van der Waals surface area contributed by atoms with Gasteiger partial charge in [-0.05, 0) is 36.6 Å². The molecule has 3 nitrogen and oxygen atoms in total. The summed E-state index contributed by atoms with van der Waals surface area (Å²) in [7, 11) is 0. The summed E-state index contributed by atoms with van der Waals surface area (Å²) in [5.74, 6) is 0. The van der Waals surface area contributed by atoms with Crippen molar-refractivity contribution in [1.82, 2.24) is 9.97 Å². The maximum absolute atomic E-state index is 5.98. The Bertz CT molecular complexity index is 996. The van der Waals surface area contributed by atoms with Crippen LogP contribution in [0.3, 0.4) is 0 Å². The Kier molecular flexibility index (Phi) is 3.85. The molecule has 2 heterocycles. The number of fused-ring (bicyclic) bond motifs is 2. The van der Waals surface area contributed by atoms with Crippen LogP contribution in [0.1, 0.15) is 0 Å². The predicted octanol–water partition coefficient (Wildman–Crippen LogP) is 5.96. The number of nitrogens with zero attached hydrogens (tertiary/aromatic N) is 2. The Labute approximate surface area is 146 Å². The quantitative estimate of drug-likeness (QED) is 0.459. The number of rotatable bonds is 3. The molecule has 4 aromatic rings. The lowest BCUT2D eigenvalue weighted by atomic mass is 10.1. The average Bonchev–Trinajstić information content (AvgIpc) is 2.99. The van der Waals surface area contributed by atoms with E-state index >= 15 is 0 Å². The number of pyridine rings is 1. The fourth-order valence-corrected chi connectivity index (χ4v) is 4.01. The number of nitrogens with one attached hydrogen (secondary N) is 1. The van der Waals surface area contributed by atoms with Crippen LogP contribution in [0.5, 0.6) is 0 Å². The van der Waals surface area contributed by atoms with E-state index in [-0.39, 0.29) is 0 Å². The maximum Gasteiger partial charge on any atom is 0.152 e. The summed E-state index contributed by atoms with van der Waals surface area (Å²) < 4.78 is 1.02. The summed E-state index contributed by atoms with van der Waals surface area (Å²) in [6.07, 6.45) is 2.03. The highest BCUT2D eigenvalue weighted by Crippen LogP contribution is 2.37. The summed E-state index contributed by atoms with van der Waals surface area (Å²) in [4.78, 5) is 10.4. The van der Waals surface area contributed by atoms with Gasteiger partial charge < -0.3 is 5.32 Å². The van der Waals surface area contributed by atoms with E-state index in [9.17, 15) is 0 Å². The lowest BCUT2D eigenvalue weighted by Gasteiger charge is -2.10. The lowest BCUT2D eigenvalue weighted by Crippen LogP contribution is -1.94. The number of thioether (sulfide) groups is 1. The minimum atomic E-state index is 0.721. The topological polar surface area (TPSA) is 37.8 Å². The van der Waals surface area contributed by atoms with Crippen LogP contribution in [0, 0.1) is 0 Å². The van der Waals surface area contributed by atoms with Gasteiger partial charge in [0, 0.05) is 16.1 Å². The van der Waals surface area contributed by atoms with Gasteiger partial charge in [-0.2, -0.15) is 0 Å². The molecular weight excluding hydrogens is 346 g/mol. The van der Waals surface area contributed by atoms with Gasteiger partial charge in [0.05, 0.1) is 11.2 Å². The number of hydrogen-bond acceptors (Lipinski definition) is 5. The van der Waals surface area contributed by atoms with Gasteiger partial charge in [0.15, 0.2) is 4.34 Å². The molecule has 23 heavy (non-hydrogen) atoms. The highest BCUT2D eigenvalue weighted by atomic mass is 35.5. The smallest absolute Gasteiger partial charge is 0.152 e. The van der Waals surface area contributed by atoms with E-state index in [2.05, 4.69) is 11.4 Å². The molecule has 2 aromatic heterocycles.